The van der Waals surface area contributed by atoms with E-state index in [2.05, 4.69) is 0 Å². The molecule has 0 bridgehead atoms. The smallest absolute Gasteiger partial charge is 0.269 e. The average Bonchev–Trinajstić information content (AvgIpc) is 2.24. The first-order chi connectivity index (χ1) is 8.59. The second-order valence-electron chi connectivity index (χ2n) is 4.89. The molecule has 8 heteroatoms. The van der Waals surface area contributed by atoms with Crippen LogP contribution in [0.1, 0.15) is 13.8 Å². The summed E-state index contributed by atoms with van der Waals surface area (Å²) in [6, 6.07) is 5.56. The van der Waals surface area contributed by atoms with Gasteiger partial charge in [-0.1, -0.05) is 13.8 Å². The average molecular weight is 308 g/mol. The lowest BCUT2D eigenvalue weighted by Crippen LogP contribution is -2.28. The third kappa shape index (κ3) is 5.89. The zero-order valence-corrected chi connectivity index (χ0v) is 12.1. The zero-order chi connectivity index (χ0) is 14.7. The largest absolute Gasteiger partial charge is 0.493 e. The Morgan fingerprint density at radius 3 is 2.26 bits per heavy atom. The van der Waals surface area contributed by atoms with Crippen molar-refractivity contribution in [2.45, 2.75) is 13.8 Å². The molecule has 1 aromatic rings. The van der Waals surface area contributed by atoms with Crippen LogP contribution in [-0.4, -0.2) is 25.7 Å². The highest BCUT2D eigenvalue weighted by Crippen LogP contribution is 2.23. The van der Waals surface area contributed by atoms with Gasteiger partial charge in [-0.2, -0.15) is 0 Å². The first-order valence-corrected chi connectivity index (χ1v) is 7.86. The van der Waals surface area contributed by atoms with Gasteiger partial charge in [0.05, 0.1) is 17.3 Å². The molecule has 106 valence electrons. The van der Waals surface area contributed by atoms with E-state index in [4.69, 9.17) is 15.4 Å². The minimum Gasteiger partial charge on any atom is -0.493 e. The third-order valence-electron chi connectivity index (χ3n) is 2.24. The molecule has 0 aliphatic rings. The van der Waals surface area contributed by atoms with E-state index in [0.717, 1.165) is 0 Å². The molecule has 0 aliphatic heterocycles. The normalized spacial score (nSPS) is 12.2. The number of hydrogen-bond acceptors (Lipinski definition) is 5. The fourth-order valence-corrected chi connectivity index (χ4v) is 3.35. The maximum Gasteiger partial charge on any atom is 0.269 e. The molecule has 6 nitrogen and oxygen atoms in total. The SMILES string of the molecule is CC(C)(COc1ccc([N+](=O)[O-])cc1)CS(=O)(=O)Cl. The summed E-state index contributed by atoms with van der Waals surface area (Å²) in [6.07, 6.45) is 0. The number of benzene rings is 1. The Kier molecular flexibility index (Phi) is 4.75. The number of ether oxygens (including phenoxy) is 1. The van der Waals surface area contributed by atoms with Gasteiger partial charge in [0.2, 0.25) is 9.05 Å². The summed E-state index contributed by atoms with van der Waals surface area (Å²) in [5, 5.41) is 10.5. The van der Waals surface area contributed by atoms with Crippen LogP contribution in [-0.2, 0) is 9.05 Å². The fraction of sp³-hybridized carbons (Fsp3) is 0.455. The van der Waals surface area contributed by atoms with Crippen molar-refractivity contribution in [1.29, 1.82) is 0 Å². The van der Waals surface area contributed by atoms with Crippen molar-refractivity contribution in [3.63, 3.8) is 0 Å². The van der Waals surface area contributed by atoms with E-state index >= 15 is 0 Å². The van der Waals surface area contributed by atoms with Crippen molar-refractivity contribution in [2.75, 3.05) is 12.4 Å². The van der Waals surface area contributed by atoms with Crippen LogP contribution in [0.25, 0.3) is 0 Å². The maximum atomic E-state index is 11.0. The molecule has 0 unspecified atom stereocenters. The van der Waals surface area contributed by atoms with Gasteiger partial charge in [0.15, 0.2) is 0 Å². The summed E-state index contributed by atoms with van der Waals surface area (Å²) in [5.74, 6) is 0.222. The van der Waals surface area contributed by atoms with Crippen molar-refractivity contribution in [1.82, 2.24) is 0 Å². The van der Waals surface area contributed by atoms with Crippen LogP contribution in [0.5, 0.6) is 5.75 Å². The maximum absolute atomic E-state index is 11.0. The Labute approximate surface area is 115 Å². The zero-order valence-electron chi connectivity index (χ0n) is 10.5. The molecule has 0 aromatic heterocycles. The Morgan fingerprint density at radius 1 is 1.32 bits per heavy atom. The molecule has 0 saturated heterocycles. The van der Waals surface area contributed by atoms with Gasteiger partial charge in [-0.3, -0.25) is 10.1 Å². The van der Waals surface area contributed by atoms with E-state index in [1.165, 1.54) is 24.3 Å². The number of rotatable bonds is 6. The predicted molar refractivity (Wildman–Crippen MR) is 72.0 cm³/mol. The lowest BCUT2D eigenvalue weighted by Gasteiger charge is -2.22. The molecule has 19 heavy (non-hydrogen) atoms. The quantitative estimate of drug-likeness (QED) is 0.458. The van der Waals surface area contributed by atoms with E-state index in [0.29, 0.717) is 5.75 Å². The molecule has 0 fully saturated rings. The summed E-state index contributed by atoms with van der Waals surface area (Å²) in [6.45, 7) is 3.55. The van der Waals surface area contributed by atoms with E-state index in [9.17, 15) is 18.5 Å². The van der Waals surface area contributed by atoms with Gasteiger partial charge in [0, 0.05) is 28.2 Å². The molecule has 1 aromatic carbocycles. The van der Waals surface area contributed by atoms with Crippen LogP contribution >= 0.6 is 10.7 Å². The summed E-state index contributed by atoms with van der Waals surface area (Å²) in [5.41, 5.74) is -0.683. The van der Waals surface area contributed by atoms with Crippen molar-refractivity contribution in [3.8, 4) is 5.75 Å². The Balaban J connectivity index is 2.64. The van der Waals surface area contributed by atoms with E-state index < -0.39 is 19.4 Å². The highest BCUT2D eigenvalue weighted by Gasteiger charge is 2.26. The van der Waals surface area contributed by atoms with Gasteiger partial charge in [0.25, 0.3) is 5.69 Å². The van der Waals surface area contributed by atoms with Gasteiger partial charge in [0.1, 0.15) is 5.75 Å². The van der Waals surface area contributed by atoms with Crippen LogP contribution in [0.3, 0.4) is 0 Å². The minimum absolute atomic E-state index is 0.0325. The monoisotopic (exact) mass is 307 g/mol. The number of nitrogens with zero attached hydrogens (tertiary/aromatic N) is 1. The molecule has 0 N–H and O–H groups in total. The van der Waals surface area contributed by atoms with Crippen molar-refractivity contribution in [2.24, 2.45) is 5.41 Å². The van der Waals surface area contributed by atoms with Gasteiger partial charge in [-0.05, 0) is 12.1 Å². The van der Waals surface area contributed by atoms with Gasteiger partial charge >= 0.3 is 0 Å². The molecule has 0 atom stereocenters. The Bertz CT molecular complexity index is 553. The summed E-state index contributed by atoms with van der Waals surface area (Å²) < 4.78 is 27.4. The second-order valence-corrected chi connectivity index (χ2v) is 7.66. The van der Waals surface area contributed by atoms with Gasteiger partial charge in [-0.15, -0.1) is 0 Å². The summed E-state index contributed by atoms with van der Waals surface area (Å²) in [7, 11) is 1.60. The topological polar surface area (TPSA) is 86.5 Å². The van der Waals surface area contributed by atoms with Crippen molar-refractivity contribution >= 4 is 25.4 Å². The first kappa shape index (κ1) is 15.7. The second kappa shape index (κ2) is 5.75. The van der Waals surface area contributed by atoms with Crippen LogP contribution in [0.2, 0.25) is 0 Å². The number of nitro benzene ring substituents is 1. The minimum atomic E-state index is -3.60. The molecular formula is C11H14ClNO5S. The number of halogens is 1. The number of non-ortho nitro benzene ring substituents is 1. The molecule has 0 radical (unpaired) electrons. The standard InChI is InChI=1S/C11H14ClNO5S/c1-11(2,8-19(12,16)17)7-18-10-5-3-9(4-6-10)13(14)15/h3-6H,7-8H2,1-2H3. The highest BCUT2D eigenvalue weighted by molar-refractivity contribution is 8.13. The number of hydrogen-bond donors (Lipinski definition) is 0. The van der Waals surface area contributed by atoms with Crippen LogP contribution in [0, 0.1) is 15.5 Å². The third-order valence-corrected chi connectivity index (χ3v) is 3.69. The molecular weight excluding hydrogens is 294 g/mol. The van der Waals surface area contributed by atoms with Gasteiger partial charge < -0.3 is 4.74 Å². The van der Waals surface area contributed by atoms with Crippen LogP contribution in [0.4, 0.5) is 5.69 Å². The summed E-state index contributed by atoms with van der Waals surface area (Å²) >= 11 is 0. The van der Waals surface area contributed by atoms with E-state index in [1.54, 1.807) is 13.8 Å². The van der Waals surface area contributed by atoms with Crippen molar-refractivity contribution in [3.05, 3.63) is 34.4 Å². The molecule has 0 amide bonds. The highest BCUT2D eigenvalue weighted by atomic mass is 35.7. The molecule has 0 spiro atoms. The fourth-order valence-electron chi connectivity index (χ4n) is 1.45. The lowest BCUT2D eigenvalue weighted by molar-refractivity contribution is -0.384. The first-order valence-electron chi connectivity index (χ1n) is 5.39. The lowest BCUT2D eigenvalue weighted by atomic mass is 9.98. The molecule has 0 heterocycles. The van der Waals surface area contributed by atoms with Crippen LogP contribution in [0.15, 0.2) is 24.3 Å². The van der Waals surface area contributed by atoms with Gasteiger partial charge in [-0.25, -0.2) is 8.42 Å². The summed E-state index contributed by atoms with van der Waals surface area (Å²) in [4.78, 5) is 9.96. The van der Waals surface area contributed by atoms with Crippen molar-refractivity contribution < 1.29 is 18.1 Å². The molecule has 1 rings (SSSR count). The Morgan fingerprint density at radius 2 is 1.84 bits per heavy atom. The predicted octanol–water partition coefficient (Wildman–Crippen LogP) is 2.57. The van der Waals surface area contributed by atoms with Crippen LogP contribution < -0.4 is 4.74 Å². The van der Waals surface area contributed by atoms with E-state index in [1.807, 2.05) is 0 Å². The Hall–Kier alpha value is -1.34. The number of nitro groups is 1. The van der Waals surface area contributed by atoms with E-state index in [-0.39, 0.29) is 18.0 Å². The molecule has 0 saturated carbocycles. The molecule has 0 aliphatic carbocycles.